The van der Waals surface area contributed by atoms with E-state index in [4.69, 9.17) is 10.9 Å². The molecule has 0 fully saturated rings. The fourth-order valence-corrected chi connectivity index (χ4v) is 1.81. The summed E-state index contributed by atoms with van der Waals surface area (Å²) in [5, 5.41) is 16.5. The summed E-state index contributed by atoms with van der Waals surface area (Å²) in [5.41, 5.74) is 0. The van der Waals surface area contributed by atoms with E-state index in [2.05, 4.69) is 10.2 Å². The second-order valence-corrected chi connectivity index (χ2v) is 4.19. The predicted molar refractivity (Wildman–Crippen MR) is 55.8 cm³/mol. The molecule has 0 aliphatic heterocycles. The highest BCUT2D eigenvalue weighted by Crippen LogP contribution is 2.15. The Morgan fingerprint density at radius 2 is 2.36 bits per heavy atom. The standard InChI is InChI=1S/C6H10N4O2S2/c1-13-2-4-8-9-6(10(4)7)14-3-5(11)12/h2-3,7H2,1H3,(H,11,12). The van der Waals surface area contributed by atoms with Crippen molar-refractivity contribution in [3.8, 4) is 0 Å². The number of carboxylic acid groups (broad SMARTS) is 1. The monoisotopic (exact) mass is 234 g/mol. The van der Waals surface area contributed by atoms with Crippen LogP contribution in [0, 0.1) is 0 Å². The Morgan fingerprint density at radius 1 is 1.64 bits per heavy atom. The topological polar surface area (TPSA) is 94.0 Å². The van der Waals surface area contributed by atoms with E-state index in [1.165, 1.54) is 4.68 Å². The molecular formula is C6H10N4O2S2. The number of aromatic nitrogens is 3. The summed E-state index contributed by atoms with van der Waals surface area (Å²) in [4.78, 5) is 10.3. The Balaban J connectivity index is 2.64. The van der Waals surface area contributed by atoms with E-state index in [1.807, 2.05) is 6.26 Å². The fraction of sp³-hybridized carbons (Fsp3) is 0.500. The van der Waals surface area contributed by atoms with Crippen LogP contribution in [0.25, 0.3) is 0 Å². The number of nitrogens with two attached hydrogens (primary N) is 1. The first kappa shape index (κ1) is 11.2. The Bertz CT molecular complexity index is 328. The van der Waals surface area contributed by atoms with Crippen LogP contribution in [-0.4, -0.2) is 38.0 Å². The van der Waals surface area contributed by atoms with Crippen molar-refractivity contribution >= 4 is 29.5 Å². The minimum absolute atomic E-state index is 0.0609. The Morgan fingerprint density at radius 3 is 2.93 bits per heavy atom. The fourth-order valence-electron chi connectivity index (χ4n) is 0.759. The van der Waals surface area contributed by atoms with Crippen molar-refractivity contribution in [2.75, 3.05) is 17.9 Å². The van der Waals surface area contributed by atoms with E-state index in [1.54, 1.807) is 11.8 Å². The maximum atomic E-state index is 10.3. The zero-order valence-corrected chi connectivity index (χ0v) is 9.14. The third kappa shape index (κ3) is 2.81. The molecule has 8 heteroatoms. The van der Waals surface area contributed by atoms with Gasteiger partial charge >= 0.3 is 5.97 Å². The maximum Gasteiger partial charge on any atom is 0.313 e. The number of rotatable bonds is 5. The van der Waals surface area contributed by atoms with Crippen molar-refractivity contribution in [3.63, 3.8) is 0 Å². The predicted octanol–water partition coefficient (Wildman–Crippen LogP) is 0.0316. The third-order valence-electron chi connectivity index (χ3n) is 1.33. The Labute approximate surface area is 89.2 Å². The van der Waals surface area contributed by atoms with Crippen molar-refractivity contribution in [3.05, 3.63) is 5.82 Å². The SMILES string of the molecule is CSCc1nnc(SCC(=O)O)n1N. The van der Waals surface area contributed by atoms with Gasteiger partial charge in [0, 0.05) is 0 Å². The molecule has 0 aliphatic rings. The highest BCUT2D eigenvalue weighted by atomic mass is 32.2. The van der Waals surface area contributed by atoms with E-state index < -0.39 is 5.97 Å². The van der Waals surface area contributed by atoms with Gasteiger partial charge in [-0.15, -0.1) is 10.2 Å². The number of carbonyl (C=O) groups is 1. The quantitative estimate of drug-likeness (QED) is 0.548. The summed E-state index contributed by atoms with van der Waals surface area (Å²) >= 11 is 2.64. The molecule has 1 rings (SSSR count). The number of thioether (sulfide) groups is 2. The number of nitrogen functional groups attached to an aromatic ring is 1. The average molecular weight is 234 g/mol. The lowest BCUT2D eigenvalue weighted by atomic mass is 10.7. The van der Waals surface area contributed by atoms with E-state index in [0.29, 0.717) is 16.7 Å². The van der Waals surface area contributed by atoms with E-state index in [-0.39, 0.29) is 5.75 Å². The van der Waals surface area contributed by atoms with Crippen LogP contribution in [0.15, 0.2) is 5.16 Å². The van der Waals surface area contributed by atoms with Gasteiger partial charge in [-0.1, -0.05) is 11.8 Å². The minimum atomic E-state index is -0.899. The molecule has 1 aromatic rings. The molecule has 1 aromatic heterocycles. The molecule has 0 aliphatic carbocycles. The van der Waals surface area contributed by atoms with Gasteiger partial charge in [0.25, 0.3) is 0 Å². The molecule has 3 N–H and O–H groups in total. The van der Waals surface area contributed by atoms with Crippen molar-refractivity contribution in [2.45, 2.75) is 10.9 Å². The van der Waals surface area contributed by atoms with Crippen molar-refractivity contribution in [1.29, 1.82) is 0 Å². The van der Waals surface area contributed by atoms with Gasteiger partial charge in [0.05, 0.1) is 11.5 Å². The van der Waals surface area contributed by atoms with Gasteiger partial charge in [0.2, 0.25) is 5.16 Å². The van der Waals surface area contributed by atoms with Crippen LogP contribution in [0.1, 0.15) is 5.82 Å². The van der Waals surface area contributed by atoms with Gasteiger partial charge in [-0.3, -0.25) is 4.79 Å². The summed E-state index contributed by atoms with van der Waals surface area (Å²) in [6.45, 7) is 0. The van der Waals surface area contributed by atoms with Gasteiger partial charge in [-0.05, 0) is 6.26 Å². The minimum Gasteiger partial charge on any atom is -0.481 e. The lowest BCUT2D eigenvalue weighted by Crippen LogP contribution is -2.14. The Kier molecular flexibility index (Phi) is 4.08. The molecule has 0 unspecified atom stereocenters. The van der Waals surface area contributed by atoms with Gasteiger partial charge < -0.3 is 10.9 Å². The molecule has 0 saturated carbocycles. The normalized spacial score (nSPS) is 10.4. The van der Waals surface area contributed by atoms with Crippen molar-refractivity contribution in [2.24, 2.45) is 0 Å². The lowest BCUT2D eigenvalue weighted by molar-refractivity contribution is -0.133. The first-order chi connectivity index (χ1) is 6.65. The van der Waals surface area contributed by atoms with E-state index in [0.717, 1.165) is 11.8 Å². The second-order valence-electron chi connectivity index (χ2n) is 2.38. The molecule has 0 aromatic carbocycles. The first-order valence-corrected chi connectivity index (χ1v) is 6.06. The number of carboxylic acids is 1. The van der Waals surface area contributed by atoms with Crippen molar-refractivity contribution < 1.29 is 9.90 Å². The number of aliphatic carboxylic acids is 1. The van der Waals surface area contributed by atoms with Crippen molar-refractivity contribution in [1.82, 2.24) is 14.9 Å². The zero-order valence-electron chi connectivity index (χ0n) is 7.51. The van der Waals surface area contributed by atoms with Gasteiger partial charge in [0.1, 0.15) is 0 Å². The summed E-state index contributed by atoms with van der Waals surface area (Å²) < 4.78 is 1.32. The maximum absolute atomic E-state index is 10.3. The molecule has 0 bridgehead atoms. The van der Waals surface area contributed by atoms with E-state index >= 15 is 0 Å². The summed E-state index contributed by atoms with van der Waals surface area (Å²) in [6.07, 6.45) is 1.93. The molecule has 0 atom stereocenters. The molecule has 78 valence electrons. The van der Waals surface area contributed by atoms with Crippen LogP contribution in [-0.2, 0) is 10.5 Å². The number of nitrogens with zero attached hydrogens (tertiary/aromatic N) is 3. The smallest absolute Gasteiger partial charge is 0.313 e. The molecule has 14 heavy (non-hydrogen) atoms. The Hall–Kier alpha value is -0.890. The number of hydrogen-bond acceptors (Lipinski definition) is 6. The molecule has 1 heterocycles. The number of hydrogen-bond donors (Lipinski definition) is 2. The van der Waals surface area contributed by atoms with Gasteiger partial charge in [0.15, 0.2) is 5.82 Å². The first-order valence-electron chi connectivity index (χ1n) is 3.68. The molecule has 0 spiro atoms. The van der Waals surface area contributed by atoms with Gasteiger partial charge in [-0.25, -0.2) is 4.68 Å². The summed E-state index contributed by atoms with van der Waals surface area (Å²) in [5.74, 6) is 5.99. The zero-order chi connectivity index (χ0) is 10.6. The van der Waals surface area contributed by atoms with Crippen LogP contribution in [0.4, 0.5) is 0 Å². The van der Waals surface area contributed by atoms with E-state index in [9.17, 15) is 4.79 Å². The molecular weight excluding hydrogens is 224 g/mol. The highest BCUT2D eigenvalue weighted by molar-refractivity contribution is 7.99. The van der Waals surface area contributed by atoms with Crippen LogP contribution in [0.3, 0.4) is 0 Å². The lowest BCUT2D eigenvalue weighted by Gasteiger charge is -2.00. The van der Waals surface area contributed by atoms with Crippen LogP contribution in [0.5, 0.6) is 0 Å². The summed E-state index contributed by atoms with van der Waals surface area (Å²) in [6, 6.07) is 0. The van der Waals surface area contributed by atoms with Gasteiger partial charge in [-0.2, -0.15) is 11.8 Å². The molecule has 0 radical (unpaired) electrons. The molecule has 0 saturated heterocycles. The summed E-state index contributed by atoms with van der Waals surface area (Å²) in [7, 11) is 0. The van der Waals surface area contributed by atoms with Crippen LogP contribution in [0.2, 0.25) is 0 Å². The largest absolute Gasteiger partial charge is 0.481 e. The van der Waals surface area contributed by atoms with Crippen LogP contribution >= 0.6 is 23.5 Å². The average Bonchev–Trinajstić information content (AvgIpc) is 2.46. The highest BCUT2D eigenvalue weighted by Gasteiger charge is 2.10. The third-order valence-corrected chi connectivity index (χ3v) is 2.81. The van der Waals surface area contributed by atoms with Crippen LogP contribution < -0.4 is 5.84 Å². The molecule has 0 amide bonds. The molecule has 6 nitrogen and oxygen atoms in total. The second kappa shape index (κ2) is 5.11.